The zero-order valence-electron chi connectivity index (χ0n) is 30.0. The third kappa shape index (κ3) is 5.91. The summed E-state index contributed by atoms with van der Waals surface area (Å²) in [4.78, 5) is 71.6. The Morgan fingerprint density at radius 3 is 2.40 bits per heavy atom. The van der Waals surface area contributed by atoms with Crippen LogP contribution in [-0.4, -0.2) is 53.7 Å². The van der Waals surface area contributed by atoms with Crippen molar-refractivity contribution in [1.29, 1.82) is 0 Å². The quantitative estimate of drug-likeness (QED) is 0.115. The summed E-state index contributed by atoms with van der Waals surface area (Å²) in [6.07, 6.45) is 0.742. The van der Waals surface area contributed by atoms with Gasteiger partial charge in [-0.05, 0) is 91.4 Å². The summed E-state index contributed by atoms with van der Waals surface area (Å²) in [6.45, 7) is 3.98. The van der Waals surface area contributed by atoms with Crippen LogP contribution < -0.4 is 24.6 Å². The lowest BCUT2D eigenvalue weighted by Crippen LogP contribution is -2.42. The second-order valence-electron chi connectivity index (χ2n) is 14.2. The number of thiazole rings is 1. The van der Waals surface area contributed by atoms with Crippen LogP contribution in [0, 0.1) is 29.6 Å². The molecule has 2 bridgehead atoms. The smallest absolute Gasteiger partial charge is 0.338 e. The number of amides is 3. The molecule has 2 saturated carbocycles. The lowest BCUT2D eigenvalue weighted by atomic mass is 9.68. The number of nitrogens with one attached hydrogen (secondary N) is 2. The molecular formula is C42H37N3O8S2. The summed E-state index contributed by atoms with van der Waals surface area (Å²) in [5, 5.41) is 5.71. The maximum atomic E-state index is 14.3. The molecule has 2 aliphatic carbocycles. The highest BCUT2D eigenvalue weighted by atomic mass is 32.2. The van der Waals surface area contributed by atoms with E-state index in [2.05, 4.69) is 10.3 Å². The van der Waals surface area contributed by atoms with Gasteiger partial charge in [-0.15, -0.1) is 11.8 Å². The van der Waals surface area contributed by atoms with Gasteiger partial charge in [0.2, 0.25) is 11.8 Å². The molecule has 0 radical (unpaired) electrons. The van der Waals surface area contributed by atoms with Crippen LogP contribution in [0.25, 0.3) is 10.8 Å². The van der Waals surface area contributed by atoms with Gasteiger partial charge < -0.3 is 24.5 Å². The minimum absolute atomic E-state index is 0.00104. The summed E-state index contributed by atoms with van der Waals surface area (Å²) >= 11 is 2.80. The van der Waals surface area contributed by atoms with Crippen LogP contribution in [-0.2, 0) is 19.1 Å². The van der Waals surface area contributed by atoms with Crippen LogP contribution in [0.4, 0.5) is 11.4 Å². The number of anilines is 2. The number of ether oxygens (including phenoxy) is 3. The molecule has 11 nitrogen and oxygen atoms in total. The van der Waals surface area contributed by atoms with E-state index in [0.717, 1.165) is 32.7 Å². The molecule has 55 heavy (non-hydrogen) atoms. The van der Waals surface area contributed by atoms with E-state index in [-0.39, 0.29) is 64.7 Å². The van der Waals surface area contributed by atoms with Gasteiger partial charge in [-0.3, -0.25) is 24.1 Å². The van der Waals surface area contributed by atoms with Gasteiger partial charge in [-0.25, -0.2) is 4.79 Å². The molecule has 280 valence electrons. The fourth-order valence-corrected chi connectivity index (χ4v) is 12.3. The molecule has 1 saturated heterocycles. The number of aromatic amines is 1. The number of aromatic nitrogens is 1. The maximum absolute atomic E-state index is 14.3. The topological polar surface area (TPSA) is 144 Å². The summed E-state index contributed by atoms with van der Waals surface area (Å²) in [6, 6.07) is 25.7. The van der Waals surface area contributed by atoms with Gasteiger partial charge in [-0.1, -0.05) is 53.8 Å². The highest BCUT2D eigenvalue weighted by Crippen LogP contribution is 2.69. The first-order valence-corrected chi connectivity index (χ1v) is 20.2. The molecular weight excluding hydrogens is 739 g/mol. The van der Waals surface area contributed by atoms with Crippen LogP contribution in [0.5, 0.6) is 11.5 Å². The molecule has 5 aromatic rings. The van der Waals surface area contributed by atoms with Crippen molar-refractivity contribution >= 4 is 68.9 Å². The molecule has 7 atom stereocenters. The molecule has 3 fully saturated rings. The molecule has 4 unspecified atom stereocenters. The zero-order chi connectivity index (χ0) is 38.0. The standard InChI is InChI=1S/C42H37N3O8S2/c1-3-51-30-18-23(14-17-29(30)53-20-31(46)43-28-11-7-9-21-8-5-6-10-25(21)28)32-33-26-19-27(36(33)54-38-37(32)55-42(50)44-38)35-34(26)39(47)45(40(35)48)24-15-12-22(13-16-24)41(49)52-4-2/h5-18,26-27,32-36H,3-4,19-20H2,1-2H3,(H,43,46)(H,44,50)/t26-,27-,32-,33?,34?,35?,36?/m1/s1. The second-order valence-corrected chi connectivity index (χ2v) is 16.4. The normalized spacial score (nSPS) is 24.7. The SMILES string of the molecule is CCOC(=O)c1ccc(N2C(=O)C3C(C2=O)[C@@H]2C[C@H]3C3Sc4[nH]c(=O)sc4[C@H](c4ccc(OCC(=O)Nc5cccc6ccccc56)c(OCC)c4)C32)cc1. The second kappa shape index (κ2) is 14.0. The van der Waals surface area contributed by atoms with Crippen LogP contribution in [0.15, 0.2) is 94.7 Å². The Labute approximate surface area is 324 Å². The van der Waals surface area contributed by atoms with Crippen molar-refractivity contribution in [2.24, 2.45) is 29.6 Å². The average Bonchev–Trinajstić information content (AvgIpc) is 3.93. The number of benzene rings is 4. The summed E-state index contributed by atoms with van der Waals surface area (Å²) in [5.41, 5.74) is 2.40. The van der Waals surface area contributed by atoms with Crippen LogP contribution in [0.2, 0.25) is 0 Å². The zero-order valence-corrected chi connectivity index (χ0v) is 31.6. The molecule has 4 aromatic carbocycles. The Kier molecular flexibility index (Phi) is 9.01. The van der Waals surface area contributed by atoms with Gasteiger partial charge in [0.25, 0.3) is 5.91 Å². The number of thioether (sulfide) groups is 1. The summed E-state index contributed by atoms with van der Waals surface area (Å²) < 4.78 is 17.2. The van der Waals surface area contributed by atoms with E-state index in [4.69, 9.17) is 14.2 Å². The van der Waals surface area contributed by atoms with Gasteiger partial charge in [0.1, 0.15) is 0 Å². The van der Waals surface area contributed by atoms with Gasteiger partial charge in [-0.2, -0.15) is 0 Å². The Morgan fingerprint density at radius 2 is 1.62 bits per heavy atom. The Balaban J connectivity index is 0.991. The Hall–Kier alpha value is -5.40. The molecule has 9 rings (SSSR count). The van der Waals surface area contributed by atoms with Crippen molar-refractivity contribution in [3.05, 3.63) is 111 Å². The monoisotopic (exact) mass is 775 g/mol. The third-order valence-corrected chi connectivity index (χ3v) is 14.0. The number of nitrogens with zero attached hydrogens (tertiary/aromatic N) is 1. The lowest BCUT2D eigenvalue weighted by Gasteiger charge is -2.43. The van der Waals surface area contributed by atoms with Crippen LogP contribution >= 0.6 is 23.1 Å². The van der Waals surface area contributed by atoms with E-state index in [1.165, 1.54) is 16.2 Å². The maximum Gasteiger partial charge on any atom is 0.338 e. The number of hydrogen-bond donors (Lipinski definition) is 2. The van der Waals surface area contributed by atoms with E-state index in [1.54, 1.807) is 49.0 Å². The average molecular weight is 776 g/mol. The molecule has 3 heterocycles. The highest BCUT2D eigenvalue weighted by molar-refractivity contribution is 8.00. The van der Waals surface area contributed by atoms with Gasteiger partial charge >= 0.3 is 10.8 Å². The van der Waals surface area contributed by atoms with E-state index in [1.807, 2.05) is 61.5 Å². The van der Waals surface area contributed by atoms with E-state index < -0.39 is 17.8 Å². The van der Waals surface area contributed by atoms with E-state index in [9.17, 15) is 24.0 Å². The molecule has 3 amide bonds. The Morgan fingerprint density at radius 1 is 0.855 bits per heavy atom. The number of carbonyl (C=O) groups is 4. The van der Waals surface area contributed by atoms with E-state index in [0.29, 0.717) is 35.0 Å². The van der Waals surface area contributed by atoms with Crippen LogP contribution in [0.3, 0.4) is 0 Å². The molecule has 4 aliphatic rings. The number of hydrogen-bond acceptors (Lipinski definition) is 10. The van der Waals surface area contributed by atoms with Gasteiger partial charge in [0.05, 0.1) is 41.3 Å². The van der Waals surface area contributed by atoms with E-state index >= 15 is 0 Å². The van der Waals surface area contributed by atoms with Crippen molar-refractivity contribution in [1.82, 2.24) is 4.98 Å². The van der Waals surface area contributed by atoms with Crippen LogP contribution in [0.1, 0.15) is 47.0 Å². The highest BCUT2D eigenvalue weighted by Gasteiger charge is 2.69. The summed E-state index contributed by atoms with van der Waals surface area (Å²) in [5.74, 6) is -1.67. The molecule has 1 aromatic heterocycles. The summed E-state index contributed by atoms with van der Waals surface area (Å²) in [7, 11) is 0. The van der Waals surface area contributed by atoms with Gasteiger partial charge in [0, 0.05) is 27.1 Å². The predicted octanol–water partition coefficient (Wildman–Crippen LogP) is 6.86. The minimum Gasteiger partial charge on any atom is -0.490 e. The fourth-order valence-electron chi connectivity index (χ4n) is 9.38. The molecule has 2 N–H and O–H groups in total. The molecule has 0 spiro atoms. The van der Waals surface area contributed by atoms with Crippen molar-refractivity contribution in [3.63, 3.8) is 0 Å². The number of carbonyl (C=O) groups excluding carboxylic acids is 4. The fraction of sp³-hybridized carbons (Fsp3) is 0.310. The Bertz CT molecular complexity index is 2420. The van der Waals surface area contributed by atoms with Crippen molar-refractivity contribution in [2.75, 3.05) is 30.0 Å². The first-order valence-electron chi connectivity index (χ1n) is 18.5. The van der Waals surface area contributed by atoms with Crippen molar-refractivity contribution < 1.29 is 33.4 Å². The number of fused-ring (bicyclic) bond motifs is 10. The lowest BCUT2D eigenvalue weighted by molar-refractivity contribution is -0.123. The van der Waals surface area contributed by atoms with Crippen molar-refractivity contribution in [2.45, 2.75) is 36.5 Å². The number of H-pyrrole nitrogens is 1. The first kappa shape index (κ1) is 35.3. The third-order valence-electron chi connectivity index (χ3n) is 11.4. The number of rotatable bonds is 10. The number of esters is 1. The van der Waals surface area contributed by atoms with Crippen molar-refractivity contribution in [3.8, 4) is 11.5 Å². The van der Waals surface area contributed by atoms with Gasteiger partial charge in [0.15, 0.2) is 18.1 Å². The number of imide groups is 1. The first-order chi connectivity index (χ1) is 26.7. The molecule has 2 aliphatic heterocycles. The minimum atomic E-state index is -0.488. The predicted molar refractivity (Wildman–Crippen MR) is 209 cm³/mol. The molecule has 13 heteroatoms. The largest absolute Gasteiger partial charge is 0.490 e.